The minimum Gasteiger partial charge on any atom is -0.152 e. The van der Waals surface area contributed by atoms with Crippen molar-refractivity contribution in [3.63, 3.8) is 0 Å². The normalized spacial score (nSPS) is 9.62. The van der Waals surface area contributed by atoms with Crippen LogP contribution in [0.1, 0.15) is 5.56 Å². The molecule has 0 saturated carbocycles. The Hall–Kier alpha value is -0.0100. The maximum Gasteiger partial charge on any atom is 0.0543 e. The highest BCUT2D eigenvalue weighted by Crippen LogP contribution is 2.08. The zero-order valence-electron chi connectivity index (χ0n) is 4.30. The Kier molecular flexibility index (Phi) is 2.37. The first-order valence-corrected chi connectivity index (χ1v) is 3.74. The lowest BCUT2D eigenvalue weighted by atomic mass is 10.3. The predicted octanol–water partition coefficient (Wildman–Crippen LogP) is 2.69. The summed E-state index contributed by atoms with van der Waals surface area (Å²) in [6.45, 7) is 0. The quantitative estimate of drug-likeness (QED) is 0.601. The summed E-state index contributed by atoms with van der Waals surface area (Å²) in [5, 5.41) is 4.15. The fourth-order valence-corrected chi connectivity index (χ4v) is 1.36. The van der Waals surface area contributed by atoms with Crippen LogP contribution in [0.25, 0.3) is 0 Å². The van der Waals surface area contributed by atoms with Crippen LogP contribution >= 0.6 is 22.9 Å². The number of thiophene rings is 1. The van der Waals surface area contributed by atoms with Crippen LogP contribution in [0.4, 0.5) is 0 Å². The van der Waals surface area contributed by atoms with Gasteiger partial charge in [0.2, 0.25) is 0 Å². The van der Waals surface area contributed by atoms with Gasteiger partial charge >= 0.3 is 0 Å². The van der Waals surface area contributed by atoms with Gasteiger partial charge in [-0.05, 0) is 28.8 Å². The van der Waals surface area contributed by atoms with E-state index in [1.165, 1.54) is 5.56 Å². The molecule has 0 atom stereocenters. The summed E-state index contributed by atoms with van der Waals surface area (Å²) in [4.78, 5) is 0. The van der Waals surface area contributed by atoms with Gasteiger partial charge in [-0.15, -0.1) is 11.6 Å². The third-order valence-electron chi connectivity index (χ3n) is 0.893. The second kappa shape index (κ2) is 3.10. The molecule has 1 aromatic rings. The largest absolute Gasteiger partial charge is 0.152 e. The van der Waals surface area contributed by atoms with Crippen LogP contribution in [-0.4, -0.2) is 0 Å². The van der Waals surface area contributed by atoms with E-state index in [0.717, 1.165) is 6.42 Å². The van der Waals surface area contributed by atoms with E-state index in [-0.39, 0.29) is 0 Å². The molecule has 0 aliphatic carbocycles. The van der Waals surface area contributed by atoms with Crippen molar-refractivity contribution < 1.29 is 0 Å². The molecule has 1 radical (unpaired) electrons. The predicted molar refractivity (Wildman–Crippen MR) is 38.2 cm³/mol. The van der Waals surface area contributed by atoms with Crippen LogP contribution in [0.5, 0.6) is 0 Å². The molecule has 0 nitrogen and oxygen atoms in total. The monoisotopic (exact) mass is 145 g/mol. The van der Waals surface area contributed by atoms with Crippen molar-refractivity contribution in [1.82, 2.24) is 0 Å². The van der Waals surface area contributed by atoms with Crippen LogP contribution in [0.2, 0.25) is 0 Å². The molecule has 1 rings (SSSR count). The molecule has 0 fully saturated rings. The first kappa shape index (κ1) is 6.12. The van der Waals surface area contributed by atoms with Gasteiger partial charge in [-0.1, -0.05) is 0 Å². The number of hydrogen-bond donors (Lipinski definition) is 0. The third-order valence-corrected chi connectivity index (χ3v) is 1.78. The van der Waals surface area contributed by atoms with E-state index in [1.807, 2.05) is 0 Å². The Morgan fingerprint density at radius 3 is 3.12 bits per heavy atom. The van der Waals surface area contributed by atoms with Crippen LogP contribution in [-0.2, 0) is 6.42 Å². The Morgan fingerprint density at radius 1 is 1.75 bits per heavy atom. The molecule has 0 saturated heterocycles. The summed E-state index contributed by atoms with van der Waals surface area (Å²) in [5.41, 5.74) is 1.30. The smallest absolute Gasteiger partial charge is 0.0543 e. The SMILES string of the molecule is Cl[CH]Cc1ccsc1. The summed E-state index contributed by atoms with van der Waals surface area (Å²) in [7, 11) is 0. The van der Waals surface area contributed by atoms with E-state index in [2.05, 4.69) is 16.8 Å². The topological polar surface area (TPSA) is 0 Å². The molecule has 0 amide bonds. The summed E-state index contributed by atoms with van der Waals surface area (Å²) in [6, 6.07) is 2.07. The van der Waals surface area contributed by atoms with Crippen molar-refractivity contribution in [1.29, 1.82) is 0 Å². The molecule has 1 aromatic heterocycles. The lowest BCUT2D eigenvalue weighted by Crippen LogP contribution is -1.72. The summed E-state index contributed by atoms with van der Waals surface area (Å²) < 4.78 is 0. The van der Waals surface area contributed by atoms with Crippen LogP contribution in [0, 0.1) is 5.88 Å². The summed E-state index contributed by atoms with van der Waals surface area (Å²) >= 11 is 7.07. The number of hydrogen-bond acceptors (Lipinski definition) is 1. The molecular formula is C6H6ClS. The zero-order valence-corrected chi connectivity index (χ0v) is 5.88. The summed E-state index contributed by atoms with van der Waals surface area (Å²) in [6.07, 6.45) is 0.880. The van der Waals surface area contributed by atoms with Gasteiger partial charge in [0.1, 0.15) is 0 Å². The maximum absolute atomic E-state index is 5.37. The second-order valence-corrected chi connectivity index (χ2v) is 2.58. The van der Waals surface area contributed by atoms with Gasteiger partial charge in [0.15, 0.2) is 0 Å². The van der Waals surface area contributed by atoms with E-state index in [0.29, 0.717) is 0 Å². The molecule has 0 N–H and O–H groups in total. The minimum atomic E-state index is 0.880. The van der Waals surface area contributed by atoms with Gasteiger partial charge < -0.3 is 0 Å². The molecule has 0 bridgehead atoms. The number of halogens is 1. The molecule has 0 aromatic carbocycles. The lowest BCUT2D eigenvalue weighted by molar-refractivity contribution is 1.27. The fourth-order valence-electron chi connectivity index (χ4n) is 0.498. The van der Waals surface area contributed by atoms with E-state index in [1.54, 1.807) is 17.2 Å². The van der Waals surface area contributed by atoms with Gasteiger partial charge in [-0.25, -0.2) is 0 Å². The molecule has 0 spiro atoms. The highest BCUT2D eigenvalue weighted by atomic mass is 35.5. The highest BCUT2D eigenvalue weighted by molar-refractivity contribution is 7.07. The third kappa shape index (κ3) is 1.49. The Morgan fingerprint density at radius 2 is 2.62 bits per heavy atom. The molecule has 1 heterocycles. The van der Waals surface area contributed by atoms with Crippen molar-refractivity contribution in [2.75, 3.05) is 0 Å². The molecule has 43 valence electrons. The van der Waals surface area contributed by atoms with Crippen molar-refractivity contribution in [2.45, 2.75) is 6.42 Å². The molecule has 8 heavy (non-hydrogen) atoms. The standard InChI is InChI=1S/C6H6ClS/c7-3-1-6-2-4-8-5-6/h2-5H,1H2. The molecule has 0 aliphatic heterocycles. The van der Waals surface area contributed by atoms with Gasteiger partial charge in [0.25, 0.3) is 0 Å². The van der Waals surface area contributed by atoms with Crippen LogP contribution in [0.3, 0.4) is 0 Å². The second-order valence-electron chi connectivity index (χ2n) is 1.49. The first-order chi connectivity index (χ1) is 3.93. The van der Waals surface area contributed by atoms with E-state index in [4.69, 9.17) is 11.6 Å². The Labute approximate surface area is 58.1 Å². The van der Waals surface area contributed by atoms with E-state index >= 15 is 0 Å². The highest BCUT2D eigenvalue weighted by Gasteiger charge is 1.88. The fraction of sp³-hybridized carbons (Fsp3) is 0.167. The lowest BCUT2D eigenvalue weighted by Gasteiger charge is -1.84. The average molecular weight is 146 g/mol. The Bertz CT molecular complexity index is 134. The van der Waals surface area contributed by atoms with Crippen LogP contribution < -0.4 is 0 Å². The first-order valence-electron chi connectivity index (χ1n) is 2.36. The zero-order chi connectivity index (χ0) is 5.82. The van der Waals surface area contributed by atoms with Gasteiger partial charge in [0.05, 0.1) is 5.88 Å². The van der Waals surface area contributed by atoms with Crippen molar-refractivity contribution >= 4 is 22.9 Å². The molecular weight excluding hydrogens is 140 g/mol. The van der Waals surface area contributed by atoms with E-state index in [9.17, 15) is 0 Å². The van der Waals surface area contributed by atoms with Crippen molar-refractivity contribution in [3.05, 3.63) is 28.3 Å². The average Bonchev–Trinajstić information content (AvgIpc) is 2.19. The van der Waals surface area contributed by atoms with Gasteiger partial charge in [-0.2, -0.15) is 11.3 Å². The number of rotatable bonds is 2. The Balaban J connectivity index is 2.50. The van der Waals surface area contributed by atoms with Gasteiger partial charge in [-0.3, -0.25) is 0 Å². The van der Waals surface area contributed by atoms with Crippen LogP contribution in [0.15, 0.2) is 16.8 Å². The minimum absolute atomic E-state index is 0.880. The molecule has 0 aliphatic rings. The molecule has 0 unspecified atom stereocenters. The molecule has 2 heteroatoms. The van der Waals surface area contributed by atoms with Crippen molar-refractivity contribution in [3.8, 4) is 0 Å². The van der Waals surface area contributed by atoms with Crippen molar-refractivity contribution in [2.24, 2.45) is 0 Å². The van der Waals surface area contributed by atoms with Gasteiger partial charge in [0, 0.05) is 0 Å². The maximum atomic E-state index is 5.37. The van der Waals surface area contributed by atoms with E-state index < -0.39 is 0 Å². The summed E-state index contributed by atoms with van der Waals surface area (Å²) in [5.74, 6) is 1.64.